The molecular formula is C18H28. The first-order valence-corrected chi connectivity index (χ1v) is 7.53. The molecule has 0 spiro atoms. The molecule has 0 saturated heterocycles. The van der Waals surface area contributed by atoms with E-state index in [9.17, 15) is 0 Å². The third kappa shape index (κ3) is 4.01. The number of aryl methyl sites for hydroxylation is 2. The molecule has 100 valence electrons. The standard InChI is InChI=1S/C18H28/c1-5-9-10-11-16(7-3)18-14-15(6-2)12-13-17(18)8-4/h9-10,12-14,16H,5-8,11H2,1-4H3/b10-9-. The van der Waals surface area contributed by atoms with Gasteiger partial charge in [-0.05, 0) is 54.7 Å². The minimum Gasteiger partial charge on any atom is -0.0888 e. The van der Waals surface area contributed by atoms with E-state index in [1.54, 1.807) is 5.56 Å². The van der Waals surface area contributed by atoms with Crippen LogP contribution in [0, 0.1) is 0 Å². The Hall–Kier alpha value is -1.04. The highest BCUT2D eigenvalue weighted by molar-refractivity contribution is 5.35. The van der Waals surface area contributed by atoms with Gasteiger partial charge in [0.2, 0.25) is 0 Å². The molecule has 0 nitrogen and oxygen atoms in total. The Morgan fingerprint density at radius 2 is 1.78 bits per heavy atom. The minimum atomic E-state index is 0.689. The summed E-state index contributed by atoms with van der Waals surface area (Å²) in [5.74, 6) is 0.689. The van der Waals surface area contributed by atoms with E-state index in [0.29, 0.717) is 5.92 Å². The van der Waals surface area contributed by atoms with Crippen LogP contribution in [0.15, 0.2) is 30.4 Å². The van der Waals surface area contributed by atoms with Crippen LogP contribution in [0.2, 0.25) is 0 Å². The van der Waals surface area contributed by atoms with Crippen molar-refractivity contribution in [3.63, 3.8) is 0 Å². The highest BCUT2D eigenvalue weighted by Crippen LogP contribution is 2.28. The molecule has 0 N–H and O–H groups in total. The van der Waals surface area contributed by atoms with Crippen molar-refractivity contribution in [3.05, 3.63) is 47.0 Å². The van der Waals surface area contributed by atoms with Crippen LogP contribution in [0.25, 0.3) is 0 Å². The van der Waals surface area contributed by atoms with Crippen LogP contribution in [-0.2, 0) is 12.8 Å². The summed E-state index contributed by atoms with van der Waals surface area (Å²) in [6, 6.07) is 7.06. The highest BCUT2D eigenvalue weighted by atomic mass is 14.2. The molecule has 0 aliphatic carbocycles. The molecule has 0 amide bonds. The van der Waals surface area contributed by atoms with E-state index in [1.165, 1.54) is 24.0 Å². The predicted molar refractivity (Wildman–Crippen MR) is 82.3 cm³/mol. The molecule has 0 aliphatic rings. The number of rotatable bonds is 7. The molecule has 1 rings (SSSR count). The molecule has 1 aromatic carbocycles. The third-order valence-corrected chi connectivity index (χ3v) is 3.76. The Balaban J connectivity index is 2.97. The molecule has 0 heterocycles. The summed E-state index contributed by atoms with van der Waals surface area (Å²) in [6.45, 7) is 9.01. The second-order valence-corrected chi connectivity index (χ2v) is 4.96. The number of benzene rings is 1. The van der Waals surface area contributed by atoms with Gasteiger partial charge in [-0.25, -0.2) is 0 Å². The molecule has 0 saturated carbocycles. The van der Waals surface area contributed by atoms with Crippen molar-refractivity contribution in [2.45, 2.75) is 65.7 Å². The molecule has 0 aromatic heterocycles. The fraction of sp³-hybridized carbons (Fsp3) is 0.556. The van der Waals surface area contributed by atoms with E-state index < -0.39 is 0 Å². The highest BCUT2D eigenvalue weighted by Gasteiger charge is 2.12. The average molecular weight is 244 g/mol. The topological polar surface area (TPSA) is 0 Å². The summed E-state index contributed by atoms with van der Waals surface area (Å²) >= 11 is 0. The molecule has 0 heteroatoms. The SMILES string of the molecule is CC/C=C\CC(CC)c1cc(CC)ccc1CC. The third-order valence-electron chi connectivity index (χ3n) is 3.76. The summed E-state index contributed by atoms with van der Waals surface area (Å²) < 4.78 is 0. The van der Waals surface area contributed by atoms with Gasteiger partial charge in [-0.1, -0.05) is 58.0 Å². The Morgan fingerprint density at radius 1 is 1.00 bits per heavy atom. The molecule has 1 aromatic rings. The summed E-state index contributed by atoms with van der Waals surface area (Å²) in [7, 11) is 0. The fourth-order valence-electron chi connectivity index (χ4n) is 2.51. The fourth-order valence-corrected chi connectivity index (χ4v) is 2.51. The Labute approximate surface area is 113 Å². The zero-order valence-electron chi connectivity index (χ0n) is 12.5. The largest absolute Gasteiger partial charge is 0.0888 e. The van der Waals surface area contributed by atoms with E-state index in [-0.39, 0.29) is 0 Å². The first-order valence-electron chi connectivity index (χ1n) is 7.53. The Morgan fingerprint density at radius 3 is 2.33 bits per heavy atom. The van der Waals surface area contributed by atoms with Crippen LogP contribution >= 0.6 is 0 Å². The lowest BCUT2D eigenvalue weighted by atomic mass is 9.87. The predicted octanol–water partition coefficient (Wildman–Crippen LogP) is 5.66. The van der Waals surface area contributed by atoms with Gasteiger partial charge in [-0.2, -0.15) is 0 Å². The quantitative estimate of drug-likeness (QED) is 0.543. The number of hydrogen-bond acceptors (Lipinski definition) is 0. The van der Waals surface area contributed by atoms with Crippen molar-refractivity contribution in [1.82, 2.24) is 0 Å². The minimum absolute atomic E-state index is 0.689. The summed E-state index contributed by atoms with van der Waals surface area (Å²) in [5, 5.41) is 0. The maximum atomic E-state index is 2.44. The van der Waals surface area contributed by atoms with E-state index in [4.69, 9.17) is 0 Å². The molecule has 0 bridgehead atoms. The summed E-state index contributed by atoms with van der Waals surface area (Å²) in [4.78, 5) is 0. The second kappa shape index (κ2) is 8.13. The van der Waals surface area contributed by atoms with Gasteiger partial charge in [0.15, 0.2) is 0 Å². The summed E-state index contributed by atoms with van der Waals surface area (Å²) in [5.41, 5.74) is 4.59. The maximum absolute atomic E-state index is 2.44. The molecule has 0 aliphatic heterocycles. The number of allylic oxidation sites excluding steroid dienone is 2. The van der Waals surface area contributed by atoms with E-state index >= 15 is 0 Å². The first kappa shape index (κ1) is 15.0. The zero-order valence-corrected chi connectivity index (χ0v) is 12.5. The van der Waals surface area contributed by atoms with Crippen molar-refractivity contribution in [2.24, 2.45) is 0 Å². The van der Waals surface area contributed by atoms with Crippen LogP contribution in [-0.4, -0.2) is 0 Å². The van der Waals surface area contributed by atoms with Crippen LogP contribution in [0.3, 0.4) is 0 Å². The lowest BCUT2D eigenvalue weighted by Gasteiger charge is -2.18. The molecule has 0 radical (unpaired) electrons. The van der Waals surface area contributed by atoms with Gasteiger partial charge in [-0.15, -0.1) is 0 Å². The van der Waals surface area contributed by atoms with Crippen molar-refractivity contribution >= 4 is 0 Å². The zero-order chi connectivity index (χ0) is 13.4. The van der Waals surface area contributed by atoms with Gasteiger partial charge in [0, 0.05) is 0 Å². The second-order valence-electron chi connectivity index (χ2n) is 4.96. The average Bonchev–Trinajstić information content (AvgIpc) is 2.43. The van der Waals surface area contributed by atoms with Crippen LogP contribution in [0.4, 0.5) is 0 Å². The maximum Gasteiger partial charge on any atom is -0.0127 e. The van der Waals surface area contributed by atoms with Crippen molar-refractivity contribution in [2.75, 3.05) is 0 Å². The Bertz CT molecular complexity index is 374. The molecular weight excluding hydrogens is 216 g/mol. The van der Waals surface area contributed by atoms with Crippen molar-refractivity contribution in [3.8, 4) is 0 Å². The van der Waals surface area contributed by atoms with E-state index in [1.807, 2.05) is 0 Å². The Kier molecular flexibility index (Phi) is 6.78. The van der Waals surface area contributed by atoms with E-state index in [0.717, 1.165) is 19.3 Å². The normalized spacial score (nSPS) is 13.1. The van der Waals surface area contributed by atoms with Gasteiger partial charge in [0.25, 0.3) is 0 Å². The molecule has 1 unspecified atom stereocenters. The smallest absolute Gasteiger partial charge is 0.0127 e. The van der Waals surface area contributed by atoms with Gasteiger partial charge in [0.1, 0.15) is 0 Å². The van der Waals surface area contributed by atoms with Gasteiger partial charge < -0.3 is 0 Å². The molecule has 1 atom stereocenters. The lowest BCUT2D eigenvalue weighted by molar-refractivity contribution is 0.664. The van der Waals surface area contributed by atoms with Gasteiger partial charge in [-0.3, -0.25) is 0 Å². The van der Waals surface area contributed by atoms with Crippen molar-refractivity contribution < 1.29 is 0 Å². The van der Waals surface area contributed by atoms with Gasteiger partial charge in [0.05, 0.1) is 0 Å². The van der Waals surface area contributed by atoms with Crippen LogP contribution in [0.1, 0.15) is 69.6 Å². The van der Waals surface area contributed by atoms with E-state index in [2.05, 4.69) is 58.0 Å². The summed E-state index contributed by atoms with van der Waals surface area (Å²) in [6.07, 6.45) is 10.5. The molecule has 0 fully saturated rings. The van der Waals surface area contributed by atoms with Crippen molar-refractivity contribution in [1.29, 1.82) is 0 Å². The first-order chi connectivity index (χ1) is 8.76. The van der Waals surface area contributed by atoms with Crippen LogP contribution in [0.5, 0.6) is 0 Å². The lowest BCUT2D eigenvalue weighted by Crippen LogP contribution is -2.02. The molecule has 18 heavy (non-hydrogen) atoms. The monoisotopic (exact) mass is 244 g/mol. The van der Waals surface area contributed by atoms with Gasteiger partial charge >= 0.3 is 0 Å². The van der Waals surface area contributed by atoms with Crippen LogP contribution < -0.4 is 0 Å². The number of hydrogen-bond donors (Lipinski definition) is 0.